The number of ether oxygens (including phenoxy) is 2. The van der Waals surface area contributed by atoms with Gasteiger partial charge in [0.25, 0.3) is 6.10 Å². The molecule has 0 aliphatic heterocycles. The second kappa shape index (κ2) is 7.65. The van der Waals surface area contributed by atoms with Crippen LogP contribution in [0.1, 0.15) is 30.7 Å². The van der Waals surface area contributed by atoms with Gasteiger partial charge in [-0.3, -0.25) is 0 Å². The monoisotopic (exact) mass is 368 g/mol. The van der Waals surface area contributed by atoms with Gasteiger partial charge < -0.3 is 9.47 Å². The molecule has 1 aliphatic carbocycles. The van der Waals surface area contributed by atoms with E-state index in [0.29, 0.717) is 11.7 Å². The molecule has 0 saturated heterocycles. The van der Waals surface area contributed by atoms with E-state index >= 15 is 0 Å². The second-order valence-corrected chi connectivity index (χ2v) is 6.13. The fraction of sp³-hybridized carbons (Fsp3) is 0.438. The van der Waals surface area contributed by atoms with Crippen LogP contribution >= 0.6 is 15.9 Å². The number of methoxy groups -OCH3 is 1. The van der Waals surface area contributed by atoms with Crippen molar-refractivity contribution in [1.82, 2.24) is 0 Å². The van der Waals surface area contributed by atoms with Gasteiger partial charge in [0.15, 0.2) is 0 Å². The van der Waals surface area contributed by atoms with E-state index in [1.807, 2.05) is 18.2 Å². The highest BCUT2D eigenvalue weighted by atomic mass is 79.9. The summed E-state index contributed by atoms with van der Waals surface area (Å²) in [5.41, 5.74) is 1.06. The first kappa shape index (κ1) is 16.8. The maximum absolute atomic E-state index is 12.0. The summed E-state index contributed by atoms with van der Waals surface area (Å²) in [7, 11) is 1.46. The Hall–Kier alpha value is -1.53. The maximum Gasteiger partial charge on any atom is 0.481 e. The van der Waals surface area contributed by atoms with Gasteiger partial charge in [0.05, 0.1) is 6.61 Å². The largest absolute Gasteiger partial charge is 0.481 e. The van der Waals surface area contributed by atoms with Crippen LogP contribution in [-0.4, -0.2) is 30.5 Å². The summed E-state index contributed by atoms with van der Waals surface area (Å²) in [5.74, 6) is 0.341. The number of carbonyl (C=O) groups excluding carboxylic acids is 1. The Morgan fingerprint density at radius 3 is 2.82 bits per heavy atom. The molecule has 1 fully saturated rings. The van der Waals surface area contributed by atoms with E-state index < -0.39 is 12.0 Å². The molecule has 1 atom stereocenters. The first-order valence-corrected chi connectivity index (χ1v) is 7.94. The van der Waals surface area contributed by atoms with Gasteiger partial charge in [-0.25, -0.2) is 4.79 Å². The van der Waals surface area contributed by atoms with Crippen molar-refractivity contribution in [3.63, 3.8) is 0 Å². The third kappa shape index (κ3) is 3.81. The van der Waals surface area contributed by atoms with Gasteiger partial charge in [-0.2, -0.15) is 0 Å². The first-order valence-electron chi connectivity index (χ1n) is 7.14. The van der Waals surface area contributed by atoms with Crippen molar-refractivity contribution in [1.29, 1.82) is 0 Å². The standard InChI is InChI=1S/C16H19BrNO4/c1-3-18(20)16(19)15(10-21-2)22-14-8-7-12(17)9-13(14)11-5-4-6-11/h3,7-9,11,15H,1,4-6,10H2,2H3/q+1/t15-/m0/s1. The molecule has 22 heavy (non-hydrogen) atoms. The van der Waals surface area contributed by atoms with Gasteiger partial charge in [0, 0.05) is 16.5 Å². The third-order valence-corrected chi connectivity index (χ3v) is 4.26. The predicted molar refractivity (Wildman–Crippen MR) is 85.9 cm³/mol. The van der Waals surface area contributed by atoms with Crippen molar-refractivity contribution in [2.45, 2.75) is 31.3 Å². The third-order valence-electron chi connectivity index (χ3n) is 3.76. The van der Waals surface area contributed by atoms with Crippen LogP contribution in [0.5, 0.6) is 5.75 Å². The Balaban J connectivity index is 2.24. The van der Waals surface area contributed by atoms with Crippen LogP contribution in [0.15, 0.2) is 35.5 Å². The van der Waals surface area contributed by atoms with Crippen LogP contribution < -0.4 is 4.74 Å². The number of halogens is 1. The fourth-order valence-corrected chi connectivity index (χ4v) is 2.74. The van der Waals surface area contributed by atoms with E-state index in [1.54, 1.807) is 0 Å². The van der Waals surface area contributed by atoms with Crippen molar-refractivity contribution in [3.05, 3.63) is 45.9 Å². The summed E-state index contributed by atoms with van der Waals surface area (Å²) in [4.78, 5) is 23.5. The Morgan fingerprint density at radius 2 is 2.27 bits per heavy atom. The van der Waals surface area contributed by atoms with Gasteiger partial charge in [-0.15, -0.1) is 0 Å². The molecule has 1 aromatic rings. The van der Waals surface area contributed by atoms with Crippen LogP contribution in [0.4, 0.5) is 0 Å². The Morgan fingerprint density at radius 1 is 1.55 bits per heavy atom. The normalized spacial score (nSPS) is 15.7. The quantitative estimate of drug-likeness (QED) is 0.690. The summed E-state index contributed by atoms with van der Waals surface area (Å²) in [6, 6.07) is 5.68. The van der Waals surface area contributed by atoms with E-state index in [4.69, 9.17) is 9.47 Å². The molecule has 1 aliphatic rings. The van der Waals surface area contributed by atoms with Crippen LogP contribution in [0.3, 0.4) is 0 Å². The SMILES string of the molecule is C=C[N+](=O)C(=O)[C@H](COC)Oc1ccc(Br)cc1C1CCC1. The molecule has 118 valence electrons. The first-order chi connectivity index (χ1) is 10.6. The topological polar surface area (TPSA) is 55.6 Å². The minimum absolute atomic E-state index is 0.00554. The molecule has 0 bridgehead atoms. The molecule has 0 unspecified atom stereocenters. The van der Waals surface area contributed by atoms with E-state index in [2.05, 4.69) is 22.5 Å². The minimum Gasteiger partial charge on any atom is -0.472 e. The molecule has 0 aromatic heterocycles. The maximum atomic E-state index is 12.0. The molecule has 1 aromatic carbocycles. The van der Waals surface area contributed by atoms with E-state index in [1.165, 1.54) is 13.5 Å². The van der Waals surface area contributed by atoms with Crippen molar-refractivity contribution < 1.29 is 19.0 Å². The number of rotatable bonds is 7. The Kier molecular flexibility index (Phi) is 5.85. The number of amides is 1. The molecule has 0 N–H and O–H groups in total. The van der Waals surface area contributed by atoms with Gasteiger partial charge in [0.2, 0.25) is 6.20 Å². The van der Waals surface area contributed by atoms with Gasteiger partial charge in [-0.05, 0) is 49.1 Å². The lowest BCUT2D eigenvalue weighted by Gasteiger charge is -2.28. The van der Waals surface area contributed by atoms with Crippen LogP contribution in [0.25, 0.3) is 0 Å². The molecule has 0 spiro atoms. The molecule has 0 radical (unpaired) electrons. The molecular weight excluding hydrogens is 350 g/mol. The highest BCUT2D eigenvalue weighted by Crippen LogP contribution is 2.42. The fourth-order valence-electron chi connectivity index (χ4n) is 2.36. The zero-order chi connectivity index (χ0) is 16.1. The number of nitroso groups, excluding NO2 is 1. The molecule has 2 rings (SSSR count). The lowest BCUT2D eigenvalue weighted by Crippen LogP contribution is -2.37. The summed E-state index contributed by atoms with van der Waals surface area (Å²) >= 11 is 3.46. The minimum atomic E-state index is -0.986. The predicted octanol–water partition coefficient (Wildman–Crippen LogP) is 3.56. The molecule has 1 amide bonds. The Bertz CT molecular complexity index is 584. The molecular formula is C16H19BrNO4+. The van der Waals surface area contributed by atoms with Crippen molar-refractivity contribution in [2.24, 2.45) is 0 Å². The second-order valence-electron chi connectivity index (χ2n) is 5.22. The summed E-state index contributed by atoms with van der Waals surface area (Å²) in [6.45, 7) is 3.31. The zero-order valence-electron chi connectivity index (χ0n) is 12.5. The highest BCUT2D eigenvalue weighted by molar-refractivity contribution is 9.10. The highest BCUT2D eigenvalue weighted by Gasteiger charge is 2.34. The van der Waals surface area contributed by atoms with Gasteiger partial charge in [-0.1, -0.05) is 22.4 Å². The summed E-state index contributed by atoms with van der Waals surface area (Å²) < 4.78 is 11.9. The van der Waals surface area contributed by atoms with Crippen molar-refractivity contribution in [2.75, 3.05) is 13.7 Å². The van der Waals surface area contributed by atoms with Crippen molar-refractivity contribution in [3.8, 4) is 5.75 Å². The molecule has 5 nitrogen and oxygen atoms in total. The molecule has 1 saturated carbocycles. The summed E-state index contributed by atoms with van der Waals surface area (Å²) in [6.07, 6.45) is 3.34. The number of nitrogens with zero attached hydrogens (tertiary/aromatic N) is 1. The average molecular weight is 369 g/mol. The van der Waals surface area contributed by atoms with E-state index in [0.717, 1.165) is 29.1 Å². The van der Waals surface area contributed by atoms with Crippen LogP contribution in [-0.2, 0) is 9.53 Å². The number of hydrogen-bond donors (Lipinski definition) is 0. The number of hydrogen-bond acceptors (Lipinski definition) is 4. The number of benzene rings is 1. The Labute approximate surface area is 138 Å². The smallest absolute Gasteiger partial charge is 0.472 e. The van der Waals surface area contributed by atoms with Crippen LogP contribution in [0.2, 0.25) is 0 Å². The molecule has 0 heterocycles. The number of carbonyl (C=O) groups is 1. The van der Waals surface area contributed by atoms with Crippen molar-refractivity contribution >= 4 is 21.8 Å². The van der Waals surface area contributed by atoms with Crippen LogP contribution in [0, 0.1) is 4.91 Å². The average Bonchev–Trinajstić information content (AvgIpc) is 2.46. The van der Waals surface area contributed by atoms with Gasteiger partial charge in [0.1, 0.15) is 10.5 Å². The zero-order valence-corrected chi connectivity index (χ0v) is 14.0. The summed E-state index contributed by atoms with van der Waals surface area (Å²) in [5, 5.41) is 0. The lowest BCUT2D eigenvalue weighted by atomic mass is 9.80. The molecule has 6 heteroatoms. The lowest BCUT2D eigenvalue weighted by molar-refractivity contribution is -0.407. The van der Waals surface area contributed by atoms with E-state index in [-0.39, 0.29) is 11.4 Å². The van der Waals surface area contributed by atoms with Gasteiger partial charge >= 0.3 is 5.91 Å². The van der Waals surface area contributed by atoms with E-state index in [9.17, 15) is 9.70 Å².